The average molecular weight is 274 g/mol. The van der Waals surface area contributed by atoms with Crippen LogP contribution in [0.1, 0.15) is 38.9 Å². The number of para-hydroxylation sites is 1. The monoisotopic (exact) mass is 274 g/mol. The Kier molecular flexibility index (Phi) is 4.32. The first-order chi connectivity index (χ1) is 9.56. The van der Waals surface area contributed by atoms with E-state index in [1.807, 2.05) is 49.7 Å². The first-order valence-corrected chi connectivity index (χ1v) is 7.06. The molecule has 2 rings (SSSR count). The van der Waals surface area contributed by atoms with Crippen molar-refractivity contribution in [2.45, 2.75) is 40.2 Å². The highest BCUT2D eigenvalue weighted by molar-refractivity contribution is 5.72. The van der Waals surface area contributed by atoms with Crippen LogP contribution in [0, 0.1) is 6.92 Å². The van der Waals surface area contributed by atoms with Gasteiger partial charge in [-0.3, -0.25) is 4.68 Å². The van der Waals surface area contributed by atoms with Crippen LogP contribution in [-0.4, -0.2) is 21.5 Å². The number of nitrogens with zero attached hydrogens (tertiary/aromatic N) is 2. The van der Waals surface area contributed by atoms with Crippen LogP contribution in [-0.2, 0) is 0 Å². The second kappa shape index (κ2) is 5.99. The third-order valence-electron chi connectivity index (χ3n) is 3.21. The van der Waals surface area contributed by atoms with Crippen LogP contribution in [0.3, 0.4) is 0 Å². The molecule has 0 radical (unpaired) electrons. The fourth-order valence-electron chi connectivity index (χ4n) is 2.19. The van der Waals surface area contributed by atoms with Crippen LogP contribution in [0.15, 0.2) is 24.3 Å². The Balaban J connectivity index is 2.49. The summed E-state index contributed by atoms with van der Waals surface area (Å²) in [5, 5.41) is 14.9. The summed E-state index contributed by atoms with van der Waals surface area (Å²) >= 11 is 0. The molecule has 0 bridgehead atoms. The molecule has 0 amide bonds. The van der Waals surface area contributed by atoms with Crippen molar-refractivity contribution in [1.82, 2.24) is 9.78 Å². The van der Waals surface area contributed by atoms with Crippen molar-refractivity contribution in [2.75, 3.05) is 6.61 Å². The second-order valence-corrected chi connectivity index (χ2v) is 5.17. The molecule has 0 aliphatic rings. The number of hydrogen-bond acceptors (Lipinski definition) is 3. The van der Waals surface area contributed by atoms with Gasteiger partial charge in [-0.15, -0.1) is 0 Å². The molecule has 0 atom stereocenters. The number of ether oxygens (including phenoxy) is 1. The summed E-state index contributed by atoms with van der Waals surface area (Å²) < 4.78 is 7.58. The Morgan fingerprint density at radius 3 is 2.60 bits per heavy atom. The Morgan fingerprint density at radius 1 is 1.30 bits per heavy atom. The summed E-state index contributed by atoms with van der Waals surface area (Å²) in [5.41, 5.74) is 2.20. The molecule has 0 fully saturated rings. The summed E-state index contributed by atoms with van der Waals surface area (Å²) in [7, 11) is 0. The zero-order valence-corrected chi connectivity index (χ0v) is 12.6. The number of hydrogen-bond donors (Lipinski definition) is 1. The van der Waals surface area contributed by atoms with Crippen molar-refractivity contribution in [1.29, 1.82) is 0 Å². The highest BCUT2D eigenvalue weighted by atomic mass is 16.5. The minimum absolute atomic E-state index is 0.207. The van der Waals surface area contributed by atoms with Gasteiger partial charge < -0.3 is 9.84 Å². The molecule has 0 saturated heterocycles. The molecule has 0 spiro atoms. The summed E-state index contributed by atoms with van der Waals surface area (Å²) in [5.74, 6) is 0.990. The summed E-state index contributed by atoms with van der Waals surface area (Å²) in [6, 6.07) is 7.90. The van der Waals surface area contributed by atoms with Crippen LogP contribution in [0.25, 0.3) is 11.3 Å². The van der Waals surface area contributed by atoms with Gasteiger partial charge in [-0.2, -0.15) is 5.10 Å². The van der Waals surface area contributed by atoms with E-state index in [1.54, 1.807) is 0 Å². The van der Waals surface area contributed by atoms with E-state index in [2.05, 4.69) is 12.0 Å². The van der Waals surface area contributed by atoms with Gasteiger partial charge in [-0.25, -0.2) is 0 Å². The predicted molar refractivity (Wildman–Crippen MR) is 80.2 cm³/mol. The topological polar surface area (TPSA) is 47.3 Å². The lowest BCUT2D eigenvalue weighted by atomic mass is 10.1. The van der Waals surface area contributed by atoms with E-state index >= 15 is 0 Å². The normalized spacial score (nSPS) is 11.1. The third-order valence-corrected chi connectivity index (χ3v) is 3.21. The number of aromatic hydroxyl groups is 1. The van der Waals surface area contributed by atoms with Gasteiger partial charge in [0.25, 0.3) is 0 Å². The average Bonchev–Trinajstić information content (AvgIpc) is 2.73. The quantitative estimate of drug-likeness (QED) is 0.898. The Hall–Kier alpha value is -1.97. The van der Waals surface area contributed by atoms with Gasteiger partial charge in [0.15, 0.2) is 5.75 Å². The molecule has 0 saturated carbocycles. The van der Waals surface area contributed by atoms with Gasteiger partial charge in [0.1, 0.15) is 11.4 Å². The first kappa shape index (κ1) is 14.4. The molecule has 1 heterocycles. The van der Waals surface area contributed by atoms with Gasteiger partial charge in [0.05, 0.1) is 12.3 Å². The summed E-state index contributed by atoms with van der Waals surface area (Å²) in [4.78, 5) is 0. The SMILES string of the molecule is CCCOc1ccccc1-c1nn(C(C)C)c(C)c1O. The van der Waals surface area contributed by atoms with Crippen molar-refractivity contribution >= 4 is 0 Å². The standard InChI is InChI=1S/C16H22N2O2/c1-5-10-20-14-9-7-6-8-13(14)15-16(19)12(4)18(17-15)11(2)3/h6-9,11,19H,5,10H2,1-4H3. The van der Waals surface area contributed by atoms with Crippen molar-refractivity contribution in [3.8, 4) is 22.8 Å². The largest absolute Gasteiger partial charge is 0.504 e. The van der Waals surface area contributed by atoms with Crippen LogP contribution in [0.5, 0.6) is 11.5 Å². The molecule has 4 nitrogen and oxygen atoms in total. The first-order valence-electron chi connectivity index (χ1n) is 7.06. The number of benzene rings is 1. The van der Waals surface area contributed by atoms with E-state index in [0.717, 1.165) is 23.4 Å². The van der Waals surface area contributed by atoms with Gasteiger partial charge in [0.2, 0.25) is 0 Å². The molecule has 4 heteroatoms. The highest BCUT2D eigenvalue weighted by Gasteiger charge is 2.19. The Labute approximate surface area is 120 Å². The lowest BCUT2D eigenvalue weighted by molar-refractivity contribution is 0.318. The smallest absolute Gasteiger partial charge is 0.164 e. The fraction of sp³-hybridized carbons (Fsp3) is 0.438. The Morgan fingerprint density at radius 2 is 2.00 bits per heavy atom. The second-order valence-electron chi connectivity index (χ2n) is 5.17. The number of aromatic nitrogens is 2. The lowest BCUT2D eigenvalue weighted by Gasteiger charge is -2.09. The van der Waals surface area contributed by atoms with Crippen LogP contribution >= 0.6 is 0 Å². The van der Waals surface area contributed by atoms with Gasteiger partial charge in [-0.1, -0.05) is 19.1 Å². The molecule has 0 unspecified atom stereocenters. The Bertz CT molecular complexity index is 588. The molecule has 0 aliphatic carbocycles. The fourth-order valence-corrected chi connectivity index (χ4v) is 2.19. The summed E-state index contributed by atoms with van der Waals surface area (Å²) in [6.45, 7) is 8.69. The van der Waals surface area contributed by atoms with Crippen LogP contribution < -0.4 is 4.74 Å². The minimum Gasteiger partial charge on any atom is -0.504 e. The highest BCUT2D eigenvalue weighted by Crippen LogP contribution is 2.37. The van der Waals surface area contributed by atoms with Crippen LogP contribution in [0.4, 0.5) is 0 Å². The van der Waals surface area contributed by atoms with E-state index in [-0.39, 0.29) is 11.8 Å². The molecular weight excluding hydrogens is 252 g/mol. The zero-order chi connectivity index (χ0) is 14.7. The van der Waals surface area contributed by atoms with Gasteiger partial charge >= 0.3 is 0 Å². The maximum Gasteiger partial charge on any atom is 0.164 e. The number of rotatable bonds is 5. The van der Waals surface area contributed by atoms with Crippen molar-refractivity contribution in [3.63, 3.8) is 0 Å². The molecule has 20 heavy (non-hydrogen) atoms. The molecule has 2 aromatic rings. The van der Waals surface area contributed by atoms with Crippen LogP contribution in [0.2, 0.25) is 0 Å². The van der Waals surface area contributed by atoms with Gasteiger partial charge in [-0.05, 0) is 39.3 Å². The zero-order valence-electron chi connectivity index (χ0n) is 12.6. The third kappa shape index (κ3) is 2.64. The molecule has 1 aromatic carbocycles. The molecule has 1 aromatic heterocycles. The molecule has 1 N–H and O–H groups in total. The predicted octanol–water partition coefficient (Wildman–Crippen LogP) is 3.93. The van der Waals surface area contributed by atoms with Crippen molar-refractivity contribution < 1.29 is 9.84 Å². The molecule has 0 aliphatic heterocycles. The molecule has 108 valence electrons. The summed E-state index contributed by atoms with van der Waals surface area (Å²) in [6.07, 6.45) is 0.944. The van der Waals surface area contributed by atoms with E-state index in [9.17, 15) is 5.11 Å². The van der Waals surface area contributed by atoms with E-state index in [4.69, 9.17) is 4.74 Å². The van der Waals surface area contributed by atoms with E-state index < -0.39 is 0 Å². The molecular formula is C16H22N2O2. The maximum atomic E-state index is 10.3. The maximum absolute atomic E-state index is 10.3. The minimum atomic E-state index is 0.207. The lowest BCUT2D eigenvalue weighted by Crippen LogP contribution is -2.04. The van der Waals surface area contributed by atoms with Gasteiger partial charge in [0, 0.05) is 11.6 Å². The van der Waals surface area contributed by atoms with E-state index in [1.165, 1.54) is 0 Å². The van der Waals surface area contributed by atoms with Crippen molar-refractivity contribution in [2.24, 2.45) is 0 Å². The van der Waals surface area contributed by atoms with E-state index in [0.29, 0.717) is 12.3 Å². The van der Waals surface area contributed by atoms with Crippen molar-refractivity contribution in [3.05, 3.63) is 30.0 Å².